The molecule has 0 aromatic heterocycles. The number of nitrogens with one attached hydrogen (secondary N) is 1. The van der Waals surface area contributed by atoms with E-state index in [0.717, 1.165) is 25.2 Å². The van der Waals surface area contributed by atoms with Crippen LogP contribution in [0.2, 0.25) is 0 Å². The molecule has 3 nitrogen and oxygen atoms in total. The number of ether oxygens (including phenoxy) is 1. The molecule has 0 saturated heterocycles. The minimum absolute atomic E-state index is 0.248. The molecule has 1 aliphatic rings. The number of benzene rings is 1. The highest BCUT2D eigenvalue weighted by Gasteiger charge is 2.20. The maximum absolute atomic E-state index is 5.79. The third-order valence-corrected chi connectivity index (χ3v) is 2.87. The van der Waals surface area contributed by atoms with Gasteiger partial charge in [0.05, 0.1) is 19.3 Å². The Morgan fingerprint density at radius 3 is 3.19 bits per heavy atom. The first-order valence-electron chi connectivity index (χ1n) is 5.92. The normalized spacial score (nSPS) is 19.8. The topological polar surface area (TPSA) is 30.5 Å². The van der Waals surface area contributed by atoms with Crippen LogP contribution in [0, 0.1) is 6.92 Å². The maximum Gasteiger partial charge on any atom is 0.127 e. The van der Waals surface area contributed by atoms with E-state index in [1.807, 2.05) is 6.92 Å². The number of rotatable bonds is 3. The zero-order valence-electron chi connectivity index (χ0n) is 9.95. The predicted octanol–water partition coefficient (Wildman–Crippen LogP) is 2.75. The van der Waals surface area contributed by atoms with E-state index in [-0.39, 0.29) is 6.04 Å². The molecule has 3 heteroatoms. The van der Waals surface area contributed by atoms with Crippen molar-refractivity contribution in [2.75, 3.05) is 13.2 Å². The van der Waals surface area contributed by atoms with Crippen LogP contribution >= 0.6 is 0 Å². The first-order valence-corrected chi connectivity index (χ1v) is 5.92. The number of fused-ring (bicyclic) bond motifs is 1. The van der Waals surface area contributed by atoms with Gasteiger partial charge in [-0.05, 0) is 32.3 Å². The summed E-state index contributed by atoms with van der Waals surface area (Å²) in [5.41, 5.74) is 5.53. The molecular weight excluding hydrogens is 202 g/mol. The van der Waals surface area contributed by atoms with Crippen LogP contribution in [0.15, 0.2) is 18.2 Å². The highest BCUT2D eigenvalue weighted by molar-refractivity contribution is 5.43. The fourth-order valence-electron chi connectivity index (χ4n) is 2.07. The summed E-state index contributed by atoms with van der Waals surface area (Å²) < 4.78 is 5.79. The summed E-state index contributed by atoms with van der Waals surface area (Å²) >= 11 is 0. The lowest BCUT2D eigenvalue weighted by Gasteiger charge is -2.18. The minimum atomic E-state index is 0.248. The predicted molar refractivity (Wildman–Crippen MR) is 63.4 cm³/mol. The first-order chi connectivity index (χ1) is 7.83. The van der Waals surface area contributed by atoms with E-state index in [1.54, 1.807) is 0 Å². The third kappa shape index (κ3) is 2.36. The fourth-order valence-corrected chi connectivity index (χ4v) is 2.07. The van der Waals surface area contributed by atoms with Gasteiger partial charge in [-0.1, -0.05) is 18.2 Å². The summed E-state index contributed by atoms with van der Waals surface area (Å²) in [6.07, 6.45) is 2.11. The van der Waals surface area contributed by atoms with Gasteiger partial charge in [0, 0.05) is 5.56 Å². The summed E-state index contributed by atoms with van der Waals surface area (Å²) in [6, 6.07) is 6.52. The third-order valence-electron chi connectivity index (χ3n) is 2.87. The summed E-state index contributed by atoms with van der Waals surface area (Å²) in [5.74, 6) is 1.03. The van der Waals surface area contributed by atoms with Crippen LogP contribution in [0.4, 0.5) is 0 Å². The van der Waals surface area contributed by atoms with Crippen molar-refractivity contribution in [3.63, 3.8) is 0 Å². The monoisotopic (exact) mass is 221 g/mol. The molecule has 1 unspecified atom stereocenters. The van der Waals surface area contributed by atoms with Crippen molar-refractivity contribution in [2.24, 2.45) is 0 Å². The lowest BCUT2D eigenvalue weighted by Crippen LogP contribution is -2.21. The number of hydrogen-bond acceptors (Lipinski definition) is 3. The van der Waals surface area contributed by atoms with Crippen molar-refractivity contribution in [1.29, 1.82) is 0 Å². The molecule has 1 aromatic carbocycles. The molecule has 0 bridgehead atoms. The van der Waals surface area contributed by atoms with Crippen LogP contribution in [0.5, 0.6) is 5.75 Å². The van der Waals surface area contributed by atoms with Gasteiger partial charge in [0.2, 0.25) is 0 Å². The lowest BCUT2D eigenvalue weighted by molar-refractivity contribution is 0.0220. The molecule has 0 spiro atoms. The molecule has 0 aliphatic carbocycles. The number of hydroxylamine groups is 1. The van der Waals surface area contributed by atoms with Gasteiger partial charge in [0.25, 0.3) is 0 Å². The zero-order valence-corrected chi connectivity index (χ0v) is 9.95. The minimum Gasteiger partial charge on any atom is -0.493 e. The van der Waals surface area contributed by atoms with E-state index in [4.69, 9.17) is 9.57 Å². The number of hydrogen-bond donors (Lipinski definition) is 1. The Kier molecular flexibility index (Phi) is 3.80. The second-order valence-electron chi connectivity index (χ2n) is 4.09. The largest absolute Gasteiger partial charge is 0.493 e. The van der Waals surface area contributed by atoms with Gasteiger partial charge in [-0.25, -0.2) is 0 Å². The van der Waals surface area contributed by atoms with E-state index in [1.165, 1.54) is 11.1 Å². The molecule has 88 valence electrons. The van der Waals surface area contributed by atoms with Gasteiger partial charge in [-0.3, -0.25) is 0 Å². The van der Waals surface area contributed by atoms with Crippen molar-refractivity contribution < 1.29 is 9.57 Å². The Morgan fingerprint density at radius 2 is 2.38 bits per heavy atom. The Morgan fingerprint density at radius 1 is 1.50 bits per heavy atom. The summed E-state index contributed by atoms with van der Waals surface area (Å²) in [6.45, 7) is 5.54. The molecule has 0 saturated carbocycles. The van der Waals surface area contributed by atoms with Gasteiger partial charge >= 0.3 is 0 Å². The molecule has 2 rings (SSSR count). The Labute approximate surface area is 96.7 Å². The summed E-state index contributed by atoms with van der Waals surface area (Å²) in [5, 5.41) is 0. The highest BCUT2D eigenvalue weighted by Crippen LogP contribution is 2.33. The van der Waals surface area contributed by atoms with Gasteiger partial charge in [0.1, 0.15) is 5.75 Å². The number of para-hydroxylation sites is 1. The summed E-state index contributed by atoms with van der Waals surface area (Å²) in [4.78, 5) is 5.32. The van der Waals surface area contributed by atoms with Gasteiger partial charge < -0.3 is 9.57 Å². The van der Waals surface area contributed by atoms with Gasteiger partial charge in [-0.15, -0.1) is 0 Å². The Hall–Kier alpha value is -1.06. The van der Waals surface area contributed by atoms with Gasteiger partial charge in [0.15, 0.2) is 0 Å². The average Bonchev–Trinajstić information content (AvgIpc) is 2.50. The Bertz CT molecular complexity index is 352. The lowest BCUT2D eigenvalue weighted by atomic mass is 10.0. The molecular formula is C13H19NO2. The fraction of sp³-hybridized carbons (Fsp3) is 0.538. The molecule has 0 fully saturated rings. The van der Waals surface area contributed by atoms with E-state index in [0.29, 0.717) is 6.61 Å². The average molecular weight is 221 g/mol. The highest BCUT2D eigenvalue weighted by atomic mass is 16.6. The molecule has 1 N–H and O–H groups in total. The first kappa shape index (κ1) is 11.4. The van der Waals surface area contributed by atoms with Crippen molar-refractivity contribution in [1.82, 2.24) is 5.48 Å². The van der Waals surface area contributed by atoms with Crippen molar-refractivity contribution in [3.05, 3.63) is 29.3 Å². The Balaban J connectivity index is 2.26. The molecule has 1 atom stereocenters. The van der Waals surface area contributed by atoms with Crippen LogP contribution in [0.3, 0.4) is 0 Å². The zero-order chi connectivity index (χ0) is 11.4. The van der Waals surface area contributed by atoms with Gasteiger partial charge in [-0.2, -0.15) is 5.48 Å². The second-order valence-corrected chi connectivity index (χ2v) is 4.09. The molecule has 0 radical (unpaired) electrons. The molecule has 0 amide bonds. The van der Waals surface area contributed by atoms with E-state index in [9.17, 15) is 0 Å². The van der Waals surface area contributed by atoms with Crippen molar-refractivity contribution in [3.8, 4) is 5.75 Å². The van der Waals surface area contributed by atoms with E-state index < -0.39 is 0 Å². The quantitative estimate of drug-likeness (QED) is 0.796. The molecule has 1 aliphatic heterocycles. The van der Waals surface area contributed by atoms with Crippen LogP contribution in [0.25, 0.3) is 0 Å². The SMILES string of the molecule is CCONC1CCCOc2c(C)cccc21. The maximum atomic E-state index is 5.79. The van der Waals surface area contributed by atoms with E-state index in [2.05, 4.69) is 30.6 Å². The van der Waals surface area contributed by atoms with Crippen molar-refractivity contribution >= 4 is 0 Å². The standard InChI is InChI=1S/C13H19NO2/c1-3-16-14-12-8-5-9-15-13-10(2)6-4-7-11(12)13/h4,6-7,12,14H,3,5,8-9H2,1-2H3. The molecule has 1 aromatic rings. The van der Waals surface area contributed by atoms with Crippen molar-refractivity contribution in [2.45, 2.75) is 32.7 Å². The van der Waals surface area contributed by atoms with Crippen LogP contribution in [-0.2, 0) is 4.84 Å². The molecule has 16 heavy (non-hydrogen) atoms. The summed E-state index contributed by atoms with van der Waals surface area (Å²) in [7, 11) is 0. The van der Waals surface area contributed by atoms with Crippen LogP contribution < -0.4 is 10.2 Å². The van der Waals surface area contributed by atoms with Crippen LogP contribution in [0.1, 0.15) is 36.9 Å². The van der Waals surface area contributed by atoms with Crippen LogP contribution in [-0.4, -0.2) is 13.2 Å². The number of aryl methyl sites for hydroxylation is 1. The molecule has 1 heterocycles. The van der Waals surface area contributed by atoms with E-state index >= 15 is 0 Å². The second kappa shape index (κ2) is 5.32. The smallest absolute Gasteiger partial charge is 0.127 e.